The lowest BCUT2D eigenvalue weighted by molar-refractivity contribution is -0.117. The first-order chi connectivity index (χ1) is 11.5. The molecule has 1 atom stereocenters. The van der Waals surface area contributed by atoms with Crippen molar-refractivity contribution in [2.75, 3.05) is 11.9 Å². The zero-order valence-corrected chi connectivity index (χ0v) is 14.8. The third kappa shape index (κ3) is 5.45. The number of ether oxygens (including phenoxy) is 1. The van der Waals surface area contributed by atoms with E-state index < -0.39 is 0 Å². The molecule has 0 saturated heterocycles. The summed E-state index contributed by atoms with van der Waals surface area (Å²) in [6.45, 7) is 6.81. The third-order valence-electron chi connectivity index (χ3n) is 3.67. The van der Waals surface area contributed by atoms with E-state index in [-0.39, 0.29) is 12.0 Å². The molecule has 0 fully saturated rings. The highest BCUT2D eigenvalue weighted by atomic mass is 16.5. The van der Waals surface area contributed by atoms with Crippen LogP contribution in [0, 0.1) is 5.92 Å². The highest BCUT2D eigenvalue weighted by molar-refractivity contribution is 5.90. The third-order valence-corrected chi connectivity index (χ3v) is 3.67. The predicted octanol–water partition coefficient (Wildman–Crippen LogP) is 3.26. The topological polar surface area (TPSA) is 69.0 Å². The maximum atomic E-state index is 12.0. The average molecular weight is 330 g/mol. The Morgan fingerprint density at radius 3 is 2.54 bits per heavy atom. The largest absolute Gasteiger partial charge is 0.378 e. The number of nitrogens with zero attached hydrogens (tertiary/aromatic N) is 3. The van der Waals surface area contributed by atoms with E-state index in [2.05, 4.69) is 29.4 Å². The minimum absolute atomic E-state index is 0.0434. The van der Waals surface area contributed by atoms with E-state index in [9.17, 15) is 4.79 Å². The Bertz CT molecular complexity index is 649. The van der Waals surface area contributed by atoms with E-state index in [1.807, 2.05) is 42.8 Å². The van der Waals surface area contributed by atoms with Gasteiger partial charge in [-0.1, -0.05) is 13.8 Å². The number of hydrogen-bond acceptors (Lipinski definition) is 4. The van der Waals surface area contributed by atoms with Crippen molar-refractivity contribution in [2.24, 2.45) is 13.0 Å². The molecule has 24 heavy (non-hydrogen) atoms. The molecular formula is C18H26N4O2. The Hall–Kier alpha value is -2.21. The molecule has 1 N–H and O–H groups in total. The minimum atomic E-state index is -0.0434. The summed E-state index contributed by atoms with van der Waals surface area (Å²) in [6, 6.07) is 7.57. The van der Waals surface area contributed by atoms with Crippen LogP contribution in [0.3, 0.4) is 0 Å². The molecule has 0 saturated carbocycles. The van der Waals surface area contributed by atoms with Gasteiger partial charge in [0.15, 0.2) is 5.82 Å². The summed E-state index contributed by atoms with van der Waals surface area (Å²) < 4.78 is 7.51. The summed E-state index contributed by atoms with van der Waals surface area (Å²) in [6.07, 6.45) is 3.20. The Balaban J connectivity index is 1.79. The molecule has 6 heteroatoms. The van der Waals surface area contributed by atoms with Crippen molar-refractivity contribution < 1.29 is 9.53 Å². The average Bonchev–Trinajstić information content (AvgIpc) is 2.93. The number of nitrogens with one attached hydrogen (secondary N) is 1. The summed E-state index contributed by atoms with van der Waals surface area (Å²) in [5, 5.41) is 10.8. The fraction of sp³-hybridized carbons (Fsp3) is 0.500. The second kappa shape index (κ2) is 8.59. The van der Waals surface area contributed by atoms with Crippen molar-refractivity contribution >= 4 is 11.6 Å². The van der Waals surface area contributed by atoms with E-state index in [1.54, 1.807) is 6.33 Å². The van der Waals surface area contributed by atoms with Crippen molar-refractivity contribution in [3.63, 3.8) is 0 Å². The van der Waals surface area contributed by atoms with Crippen LogP contribution in [0.2, 0.25) is 0 Å². The van der Waals surface area contributed by atoms with Gasteiger partial charge in [0.25, 0.3) is 0 Å². The monoisotopic (exact) mass is 330 g/mol. The van der Waals surface area contributed by atoms with Crippen LogP contribution in [0.5, 0.6) is 0 Å². The molecule has 0 aliphatic heterocycles. The molecule has 0 spiro atoms. The first-order valence-electron chi connectivity index (χ1n) is 8.31. The maximum absolute atomic E-state index is 12.0. The second-order valence-corrected chi connectivity index (χ2v) is 6.45. The zero-order valence-electron chi connectivity index (χ0n) is 14.8. The van der Waals surface area contributed by atoms with Crippen molar-refractivity contribution in [3.8, 4) is 11.4 Å². The van der Waals surface area contributed by atoms with Crippen LogP contribution in [-0.2, 0) is 16.6 Å². The van der Waals surface area contributed by atoms with Crippen LogP contribution in [-0.4, -0.2) is 33.4 Å². The zero-order chi connectivity index (χ0) is 17.5. The summed E-state index contributed by atoms with van der Waals surface area (Å²) >= 11 is 0. The first-order valence-corrected chi connectivity index (χ1v) is 8.31. The highest BCUT2D eigenvalue weighted by Crippen LogP contribution is 2.18. The molecule has 1 aromatic carbocycles. The van der Waals surface area contributed by atoms with Gasteiger partial charge in [0.2, 0.25) is 5.91 Å². The van der Waals surface area contributed by atoms with Gasteiger partial charge in [-0.05, 0) is 43.5 Å². The molecule has 0 unspecified atom stereocenters. The number of carbonyl (C=O) groups is 1. The molecule has 6 nitrogen and oxygen atoms in total. The normalized spacial score (nSPS) is 12.4. The molecular weight excluding hydrogens is 304 g/mol. The fourth-order valence-corrected chi connectivity index (χ4v) is 2.56. The number of aromatic nitrogens is 3. The molecule has 0 aliphatic rings. The number of carbonyl (C=O) groups excluding carboxylic acids is 1. The lowest BCUT2D eigenvalue weighted by Crippen LogP contribution is -2.18. The number of aryl methyl sites for hydroxylation is 1. The van der Waals surface area contributed by atoms with Crippen molar-refractivity contribution in [1.29, 1.82) is 0 Å². The van der Waals surface area contributed by atoms with Crippen LogP contribution in [0.25, 0.3) is 11.4 Å². The van der Waals surface area contributed by atoms with E-state index in [0.717, 1.165) is 23.5 Å². The van der Waals surface area contributed by atoms with Crippen molar-refractivity contribution in [3.05, 3.63) is 30.6 Å². The molecule has 130 valence electrons. The molecule has 2 rings (SSSR count). The van der Waals surface area contributed by atoms with Crippen LogP contribution in [0.15, 0.2) is 30.6 Å². The Labute approximate surface area is 143 Å². The summed E-state index contributed by atoms with van der Waals surface area (Å²) in [5.74, 6) is 1.35. The standard InChI is InChI=1S/C18H26N4O2/c1-13(2)11-14(3)24-10-9-17(23)20-16-7-5-15(6-8-16)18-21-19-12-22(18)4/h5-8,12-14H,9-11H2,1-4H3,(H,20,23)/t14-/m1/s1. The Morgan fingerprint density at radius 1 is 1.25 bits per heavy atom. The molecule has 0 bridgehead atoms. The number of rotatable bonds is 8. The molecule has 0 aliphatic carbocycles. The molecule has 1 aromatic heterocycles. The Morgan fingerprint density at radius 2 is 1.96 bits per heavy atom. The van der Waals surface area contributed by atoms with Crippen LogP contribution in [0.1, 0.15) is 33.6 Å². The van der Waals surface area contributed by atoms with Gasteiger partial charge in [0, 0.05) is 18.3 Å². The summed E-state index contributed by atoms with van der Waals surface area (Å²) in [5.41, 5.74) is 1.72. The highest BCUT2D eigenvalue weighted by Gasteiger charge is 2.08. The smallest absolute Gasteiger partial charge is 0.226 e. The Kier molecular flexibility index (Phi) is 6.49. The SMILES string of the molecule is CC(C)C[C@@H](C)OCCC(=O)Nc1ccc(-c2nncn2C)cc1. The van der Waals surface area contributed by atoms with Gasteiger partial charge < -0.3 is 14.6 Å². The number of amides is 1. The van der Waals surface area contributed by atoms with Gasteiger partial charge >= 0.3 is 0 Å². The molecule has 0 radical (unpaired) electrons. The van der Waals surface area contributed by atoms with Gasteiger partial charge in [-0.3, -0.25) is 4.79 Å². The van der Waals surface area contributed by atoms with Crippen LogP contribution in [0.4, 0.5) is 5.69 Å². The predicted molar refractivity (Wildman–Crippen MR) is 94.6 cm³/mol. The number of hydrogen-bond donors (Lipinski definition) is 1. The van der Waals surface area contributed by atoms with E-state index >= 15 is 0 Å². The van der Waals surface area contributed by atoms with Gasteiger partial charge in [0.05, 0.1) is 19.1 Å². The van der Waals surface area contributed by atoms with E-state index in [1.165, 1.54) is 0 Å². The van der Waals surface area contributed by atoms with Crippen LogP contribution < -0.4 is 5.32 Å². The quantitative estimate of drug-likeness (QED) is 0.806. The molecule has 1 heterocycles. The van der Waals surface area contributed by atoms with Crippen LogP contribution >= 0.6 is 0 Å². The first kappa shape index (κ1) is 18.1. The molecule has 2 aromatic rings. The summed E-state index contributed by atoms with van der Waals surface area (Å²) in [4.78, 5) is 12.0. The lowest BCUT2D eigenvalue weighted by atomic mass is 10.1. The van der Waals surface area contributed by atoms with Gasteiger partial charge in [-0.15, -0.1) is 10.2 Å². The summed E-state index contributed by atoms with van der Waals surface area (Å²) in [7, 11) is 1.89. The van der Waals surface area contributed by atoms with Gasteiger partial charge in [0.1, 0.15) is 6.33 Å². The minimum Gasteiger partial charge on any atom is -0.378 e. The van der Waals surface area contributed by atoms with Crippen molar-refractivity contribution in [1.82, 2.24) is 14.8 Å². The lowest BCUT2D eigenvalue weighted by Gasteiger charge is -2.15. The van der Waals surface area contributed by atoms with E-state index in [4.69, 9.17) is 4.74 Å². The fourth-order valence-electron chi connectivity index (χ4n) is 2.56. The number of anilines is 1. The van der Waals surface area contributed by atoms with Crippen molar-refractivity contribution in [2.45, 2.75) is 39.7 Å². The second-order valence-electron chi connectivity index (χ2n) is 6.45. The van der Waals surface area contributed by atoms with Gasteiger partial charge in [-0.2, -0.15) is 0 Å². The van der Waals surface area contributed by atoms with E-state index in [0.29, 0.717) is 18.9 Å². The number of benzene rings is 1. The molecule has 1 amide bonds. The van der Waals surface area contributed by atoms with Gasteiger partial charge in [-0.25, -0.2) is 0 Å². The maximum Gasteiger partial charge on any atom is 0.226 e.